The van der Waals surface area contributed by atoms with Crippen LogP contribution in [0.5, 0.6) is 0 Å². The van der Waals surface area contributed by atoms with Crippen LogP contribution in [0.4, 0.5) is 0 Å². The standard InChI is InChI=1S/C9H17NO5S/c1-3-5-10(6-9(12)13)8(11)7-16(14,15)4-2/h3-7H2,1-2H3,(H,12,13). The number of aliphatic carboxylic acids is 1. The molecule has 0 aliphatic heterocycles. The zero-order valence-corrected chi connectivity index (χ0v) is 10.3. The van der Waals surface area contributed by atoms with Gasteiger partial charge in [-0.25, -0.2) is 8.42 Å². The molecular formula is C9H17NO5S. The van der Waals surface area contributed by atoms with E-state index in [1.807, 2.05) is 0 Å². The van der Waals surface area contributed by atoms with Gasteiger partial charge in [-0.1, -0.05) is 13.8 Å². The molecular weight excluding hydrogens is 234 g/mol. The van der Waals surface area contributed by atoms with Gasteiger partial charge in [0.1, 0.15) is 12.3 Å². The van der Waals surface area contributed by atoms with Crippen LogP contribution in [0.2, 0.25) is 0 Å². The normalized spacial score (nSPS) is 11.1. The third-order valence-corrected chi connectivity index (χ3v) is 3.52. The minimum Gasteiger partial charge on any atom is -0.480 e. The fourth-order valence-electron chi connectivity index (χ4n) is 1.11. The molecule has 0 heterocycles. The first-order valence-corrected chi connectivity index (χ1v) is 6.84. The fourth-order valence-corrected chi connectivity index (χ4v) is 1.87. The molecule has 0 aromatic heterocycles. The zero-order chi connectivity index (χ0) is 12.8. The summed E-state index contributed by atoms with van der Waals surface area (Å²) in [5.41, 5.74) is 0. The minimum atomic E-state index is -3.40. The van der Waals surface area contributed by atoms with E-state index in [-0.39, 0.29) is 12.3 Å². The van der Waals surface area contributed by atoms with Crippen molar-refractivity contribution in [3.8, 4) is 0 Å². The number of carboxylic acids is 1. The van der Waals surface area contributed by atoms with Crippen LogP contribution in [0.3, 0.4) is 0 Å². The number of hydrogen-bond donors (Lipinski definition) is 1. The van der Waals surface area contributed by atoms with E-state index < -0.39 is 34.0 Å². The lowest BCUT2D eigenvalue weighted by molar-refractivity contribution is -0.143. The van der Waals surface area contributed by atoms with Crippen molar-refractivity contribution in [3.63, 3.8) is 0 Å². The Labute approximate surface area is 95.2 Å². The highest BCUT2D eigenvalue weighted by molar-refractivity contribution is 7.92. The summed E-state index contributed by atoms with van der Waals surface area (Å²) in [6.45, 7) is 3.04. The van der Waals surface area contributed by atoms with Crippen molar-refractivity contribution in [2.24, 2.45) is 0 Å². The topological polar surface area (TPSA) is 91.8 Å². The number of carbonyl (C=O) groups excluding carboxylic acids is 1. The monoisotopic (exact) mass is 251 g/mol. The van der Waals surface area contributed by atoms with Crippen molar-refractivity contribution in [2.45, 2.75) is 20.3 Å². The van der Waals surface area contributed by atoms with Gasteiger partial charge in [-0.3, -0.25) is 9.59 Å². The van der Waals surface area contributed by atoms with Crippen LogP contribution in [0, 0.1) is 0 Å². The van der Waals surface area contributed by atoms with E-state index in [0.29, 0.717) is 6.42 Å². The molecule has 7 heteroatoms. The van der Waals surface area contributed by atoms with Gasteiger partial charge >= 0.3 is 5.97 Å². The van der Waals surface area contributed by atoms with Gasteiger partial charge in [-0.05, 0) is 6.42 Å². The van der Waals surface area contributed by atoms with Gasteiger partial charge in [-0.15, -0.1) is 0 Å². The molecule has 0 saturated heterocycles. The number of amides is 1. The van der Waals surface area contributed by atoms with E-state index in [1.54, 1.807) is 6.92 Å². The third-order valence-electron chi connectivity index (χ3n) is 1.96. The van der Waals surface area contributed by atoms with Crippen molar-refractivity contribution in [1.82, 2.24) is 4.90 Å². The smallest absolute Gasteiger partial charge is 0.323 e. The Hall–Kier alpha value is -1.11. The summed E-state index contributed by atoms with van der Waals surface area (Å²) in [6.07, 6.45) is 0.588. The van der Waals surface area contributed by atoms with Gasteiger partial charge in [0.05, 0.1) is 0 Å². The predicted octanol–water partition coefficient (Wildman–Crippen LogP) is -0.256. The quantitative estimate of drug-likeness (QED) is 0.673. The van der Waals surface area contributed by atoms with Crippen LogP contribution < -0.4 is 0 Å². The number of rotatable bonds is 7. The van der Waals surface area contributed by atoms with E-state index in [1.165, 1.54) is 6.92 Å². The molecule has 0 saturated carbocycles. The fraction of sp³-hybridized carbons (Fsp3) is 0.778. The molecule has 0 radical (unpaired) electrons. The Morgan fingerprint density at radius 3 is 2.19 bits per heavy atom. The lowest BCUT2D eigenvalue weighted by atomic mass is 10.4. The van der Waals surface area contributed by atoms with Crippen LogP contribution in [0.25, 0.3) is 0 Å². The average Bonchev–Trinajstić information content (AvgIpc) is 2.16. The van der Waals surface area contributed by atoms with Crippen molar-refractivity contribution >= 4 is 21.7 Å². The summed E-state index contributed by atoms with van der Waals surface area (Å²) < 4.78 is 22.4. The van der Waals surface area contributed by atoms with Crippen LogP contribution in [-0.2, 0) is 19.4 Å². The number of carboxylic acid groups (broad SMARTS) is 1. The van der Waals surface area contributed by atoms with Crippen LogP contribution in [0.15, 0.2) is 0 Å². The SMILES string of the molecule is CCCN(CC(=O)O)C(=O)CS(=O)(=O)CC. The molecule has 1 amide bonds. The molecule has 16 heavy (non-hydrogen) atoms. The predicted molar refractivity (Wildman–Crippen MR) is 58.8 cm³/mol. The summed E-state index contributed by atoms with van der Waals surface area (Å²) in [6, 6.07) is 0. The maximum absolute atomic E-state index is 11.5. The molecule has 0 aliphatic rings. The van der Waals surface area contributed by atoms with Gasteiger partial charge < -0.3 is 10.0 Å². The maximum Gasteiger partial charge on any atom is 0.323 e. The van der Waals surface area contributed by atoms with Crippen LogP contribution >= 0.6 is 0 Å². The molecule has 0 rings (SSSR count). The summed E-state index contributed by atoms with van der Waals surface area (Å²) in [5.74, 6) is -2.52. The molecule has 94 valence electrons. The molecule has 0 fully saturated rings. The molecule has 0 aromatic rings. The van der Waals surface area contributed by atoms with Crippen LogP contribution in [-0.4, -0.2) is 54.9 Å². The number of hydrogen-bond acceptors (Lipinski definition) is 4. The van der Waals surface area contributed by atoms with Gasteiger partial charge in [0.25, 0.3) is 0 Å². The first-order chi connectivity index (χ1) is 7.32. The second-order valence-corrected chi connectivity index (χ2v) is 5.74. The zero-order valence-electron chi connectivity index (χ0n) is 9.47. The molecule has 1 N–H and O–H groups in total. The second-order valence-electron chi connectivity index (χ2n) is 3.39. The van der Waals surface area contributed by atoms with Crippen molar-refractivity contribution in [2.75, 3.05) is 24.6 Å². The van der Waals surface area contributed by atoms with E-state index in [2.05, 4.69) is 0 Å². The van der Waals surface area contributed by atoms with E-state index >= 15 is 0 Å². The Morgan fingerprint density at radius 1 is 1.25 bits per heavy atom. The molecule has 0 bridgehead atoms. The van der Waals surface area contributed by atoms with E-state index in [9.17, 15) is 18.0 Å². The summed E-state index contributed by atoms with van der Waals surface area (Å²) in [5, 5.41) is 8.57. The summed E-state index contributed by atoms with van der Waals surface area (Å²) in [7, 11) is -3.40. The van der Waals surface area contributed by atoms with Gasteiger partial charge in [0.2, 0.25) is 5.91 Å². The molecule has 0 atom stereocenters. The molecule has 0 aliphatic carbocycles. The number of carbonyl (C=O) groups is 2. The third kappa shape index (κ3) is 5.69. The Kier molecular flexibility index (Phi) is 6.02. The average molecular weight is 251 g/mol. The Bertz CT molecular complexity index is 349. The lowest BCUT2D eigenvalue weighted by Gasteiger charge is -2.19. The van der Waals surface area contributed by atoms with Gasteiger partial charge in [0.15, 0.2) is 9.84 Å². The van der Waals surface area contributed by atoms with Crippen molar-refractivity contribution in [3.05, 3.63) is 0 Å². The molecule has 0 spiro atoms. The maximum atomic E-state index is 11.5. The highest BCUT2D eigenvalue weighted by atomic mass is 32.2. The first-order valence-electron chi connectivity index (χ1n) is 5.02. The lowest BCUT2D eigenvalue weighted by Crippen LogP contribution is -2.40. The van der Waals surface area contributed by atoms with E-state index in [4.69, 9.17) is 5.11 Å². The Morgan fingerprint density at radius 2 is 1.81 bits per heavy atom. The summed E-state index contributed by atoms with van der Waals surface area (Å²) in [4.78, 5) is 23.1. The number of nitrogens with zero attached hydrogens (tertiary/aromatic N) is 1. The molecule has 0 aromatic carbocycles. The highest BCUT2D eigenvalue weighted by Crippen LogP contribution is 1.98. The summed E-state index contributed by atoms with van der Waals surface area (Å²) >= 11 is 0. The van der Waals surface area contributed by atoms with Crippen molar-refractivity contribution < 1.29 is 23.1 Å². The first kappa shape index (κ1) is 14.9. The Balaban J connectivity index is 4.56. The molecule has 6 nitrogen and oxygen atoms in total. The van der Waals surface area contributed by atoms with Gasteiger partial charge in [0, 0.05) is 12.3 Å². The van der Waals surface area contributed by atoms with Crippen LogP contribution in [0.1, 0.15) is 20.3 Å². The molecule has 0 unspecified atom stereocenters. The number of sulfone groups is 1. The largest absolute Gasteiger partial charge is 0.480 e. The van der Waals surface area contributed by atoms with Crippen molar-refractivity contribution in [1.29, 1.82) is 0 Å². The second kappa shape index (κ2) is 6.47. The minimum absolute atomic E-state index is 0.119. The van der Waals surface area contributed by atoms with E-state index in [0.717, 1.165) is 4.90 Å². The van der Waals surface area contributed by atoms with Gasteiger partial charge in [-0.2, -0.15) is 0 Å². The highest BCUT2D eigenvalue weighted by Gasteiger charge is 2.21.